The van der Waals surface area contributed by atoms with Crippen LogP contribution in [0.4, 0.5) is 0 Å². The van der Waals surface area contributed by atoms with Crippen molar-refractivity contribution < 1.29 is 5.11 Å². The second kappa shape index (κ2) is 4.64. The van der Waals surface area contributed by atoms with Gasteiger partial charge in [-0.2, -0.15) is 0 Å². The standard InChI is InChI=1S/C12H16BrNO/c1-8-2-5-10(11(13)6-8)12(7-15)14-9-3-4-9/h2,5-6,9,12,14-15H,3-4,7H2,1H3. The largest absolute Gasteiger partial charge is 0.394 e. The SMILES string of the molecule is Cc1ccc(C(CO)NC2CC2)c(Br)c1. The summed E-state index contributed by atoms with van der Waals surface area (Å²) in [6.07, 6.45) is 2.47. The molecule has 1 fully saturated rings. The van der Waals surface area contributed by atoms with E-state index in [2.05, 4.69) is 46.4 Å². The van der Waals surface area contributed by atoms with Crippen LogP contribution in [0.2, 0.25) is 0 Å². The molecule has 2 N–H and O–H groups in total. The van der Waals surface area contributed by atoms with Crippen molar-refractivity contribution in [2.75, 3.05) is 6.61 Å². The Morgan fingerprint density at radius 1 is 1.53 bits per heavy atom. The van der Waals surface area contributed by atoms with E-state index in [1.807, 2.05) is 0 Å². The minimum absolute atomic E-state index is 0.0625. The number of aliphatic hydroxyl groups is 1. The van der Waals surface area contributed by atoms with E-state index in [-0.39, 0.29) is 12.6 Å². The van der Waals surface area contributed by atoms with Crippen molar-refractivity contribution >= 4 is 15.9 Å². The summed E-state index contributed by atoms with van der Waals surface area (Å²) in [6.45, 7) is 2.22. The first-order valence-corrected chi connectivity index (χ1v) is 6.13. The molecule has 2 nitrogen and oxygen atoms in total. The van der Waals surface area contributed by atoms with Gasteiger partial charge in [-0.05, 0) is 37.0 Å². The molecule has 0 saturated heterocycles. The minimum Gasteiger partial charge on any atom is -0.394 e. The molecule has 1 aromatic rings. The summed E-state index contributed by atoms with van der Waals surface area (Å²) in [4.78, 5) is 0. The van der Waals surface area contributed by atoms with Crippen LogP contribution < -0.4 is 5.32 Å². The maximum atomic E-state index is 9.37. The lowest BCUT2D eigenvalue weighted by Gasteiger charge is -2.18. The monoisotopic (exact) mass is 269 g/mol. The zero-order valence-electron chi connectivity index (χ0n) is 8.83. The Balaban J connectivity index is 2.16. The first-order valence-electron chi connectivity index (χ1n) is 5.33. The smallest absolute Gasteiger partial charge is 0.0627 e. The molecule has 1 saturated carbocycles. The highest BCUT2D eigenvalue weighted by Gasteiger charge is 2.25. The molecule has 1 aromatic carbocycles. The second-order valence-corrected chi connectivity index (χ2v) is 5.06. The molecule has 0 aromatic heterocycles. The van der Waals surface area contributed by atoms with Crippen LogP contribution in [0.5, 0.6) is 0 Å². The highest BCUT2D eigenvalue weighted by Crippen LogP contribution is 2.28. The molecule has 0 spiro atoms. The maximum Gasteiger partial charge on any atom is 0.0627 e. The molecule has 2 rings (SSSR count). The van der Waals surface area contributed by atoms with Gasteiger partial charge in [0.2, 0.25) is 0 Å². The van der Waals surface area contributed by atoms with Crippen LogP contribution in [0.15, 0.2) is 22.7 Å². The molecule has 15 heavy (non-hydrogen) atoms. The Labute approximate surface area is 98.8 Å². The molecule has 0 bridgehead atoms. The van der Waals surface area contributed by atoms with Gasteiger partial charge in [0.1, 0.15) is 0 Å². The molecule has 82 valence electrons. The van der Waals surface area contributed by atoms with Crippen LogP contribution in [0.3, 0.4) is 0 Å². The number of hydrogen-bond donors (Lipinski definition) is 2. The molecule has 0 amide bonds. The van der Waals surface area contributed by atoms with E-state index < -0.39 is 0 Å². The van der Waals surface area contributed by atoms with Gasteiger partial charge in [-0.15, -0.1) is 0 Å². The van der Waals surface area contributed by atoms with Gasteiger partial charge in [-0.3, -0.25) is 0 Å². The highest BCUT2D eigenvalue weighted by molar-refractivity contribution is 9.10. The minimum atomic E-state index is 0.0625. The van der Waals surface area contributed by atoms with E-state index in [0.29, 0.717) is 6.04 Å². The first-order chi connectivity index (χ1) is 7.20. The predicted octanol–water partition coefficient (Wildman–Crippen LogP) is 2.54. The molecular weight excluding hydrogens is 254 g/mol. The number of nitrogens with one attached hydrogen (secondary N) is 1. The Kier molecular flexibility index (Phi) is 3.44. The molecule has 1 atom stereocenters. The molecule has 1 aliphatic carbocycles. The molecule has 1 aliphatic rings. The molecule has 0 radical (unpaired) electrons. The molecule has 0 heterocycles. The lowest BCUT2D eigenvalue weighted by molar-refractivity contribution is 0.243. The van der Waals surface area contributed by atoms with Crippen molar-refractivity contribution in [1.82, 2.24) is 5.32 Å². The van der Waals surface area contributed by atoms with Gasteiger partial charge in [0.05, 0.1) is 12.6 Å². The van der Waals surface area contributed by atoms with Crippen molar-refractivity contribution in [3.05, 3.63) is 33.8 Å². The molecule has 3 heteroatoms. The number of rotatable bonds is 4. The summed E-state index contributed by atoms with van der Waals surface area (Å²) < 4.78 is 1.08. The van der Waals surface area contributed by atoms with Crippen molar-refractivity contribution in [2.45, 2.75) is 31.8 Å². The van der Waals surface area contributed by atoms with Crippen LogP contribution in [-0.2, 0) is 0 Å². The fourth-order valence-electron chi connectivity index (χ4n) is 1.69. The second-order valence-electron chi connectivity index (χ2n) is 4.20. The molecular formula is C12H16BrNO. The van der Waals surface area contributed by atoms with Crippen LogP contribution >= 0.6 is 15.9 Å². The summed E-state index contributed by atoms with van der Waals surface area (Å²) >= 11 is 3.55. The van der Waals surface area contributed by atoms with Gasteiger partial charge in [0.25, 0.3) is 0 Å². The van der Waals surface area contributed by atoms with Crippen molar-refractivity contribution in [2.24, 2.45) is 0 Å². The van der Waals surface area contributed by atoms with Gasteiger partial charge in [0.15, 0.2) is 0 Å². The topological polar surface area (TPSA) is 32.3 Å². The average Bonchev–Trinajstić information content (AvgIpc) is 2.99. The van der Waals surface area contributed by atoms with E-state index in [1.165, 1.54) is 18.4 Å². The number of benzene rings is 1. The zero-order chi connectivity index (χ0) is 10.8. The zero-order valence-corrected chi connectivity index (χ0v) is 10.4. The summed E-state index contributed by atoms with van der Waals surface area (Å²) in [6, 6.07) is 6.92. The lowest BCUT2D eigenvalue weighted by atomic mass is 10.1. The van der Waals surface area contributed by atoms with Gasteiger partial charge in [-0.1, -0.05) is 28.1 Å². The Hall–Kier alpha value is -0.380. The van der Waals surface area contributed by atoms with Crippen molar-refractivity contribution in [3.63, 3.8) is 0 Å². The Morgan fingerprint density at radius 3 is 2.80 bits per heavy atom. The maximum absolute atomic E-state index is 9.37. The number of aliphatic hydroxyl groups excluding tert-OH is 1. The molecule has 0 aliphatic heterocycles. The number of aryl methyl sites for hydroxylation is 1. The Bertz CT molecular complexity index is 349. The fraction of sp³-hybridized carbons (Fsp3) is 0.500. The lowest BCUT2D eigenvalue weighted by Crippen LogP contribution is -2.26. The van der Waals surface area contributed by atoms with Gasteiger partial charge < -0.3 is 10.4 Å². The first kappa shape index (κ1) is 11.1. The van der Waals surface area contributed by atoms with Crippen LogP contribution in [-0.4, -0.2) is 17.8 Å². The average molecular weight is 270 g/mol. The van der Waals surface area contributed by atoms with Crippen LogP contribution in [0.25, 0.3) is 0 Å². The summed E-state index contributed by atoms with van der Waals surface area (Å²) in [5.74, 6) is 0. The molecule has 1 unspecified atom stereocenters. The summed E-state index contributed by atoms with van der Waals surface area (Å²) in [7, 11) is 0. The third kappa shape index (κ3) is 2.80. The summed E-state index contributed by atoms with van der Waals surface area (Å²) in [5.41, 5.74) is 2.38. The van der Waals surface area contributed by atoms with E-state index in [4.69, 9.17) is 0 Å². The number of hydrogen-bond acceptors (Lipinski definition) is 2. The normalized spacial score (nSPS) is 17.8. The quantitative estimate of drug-likeness (QED) is 0.881. The van der Waals surface area contributed by atoms with E-state index in [9.17, 15) is 5.11 Å². The van der Waals surface area contributed by atoms with Crippen LogP contribution in [0, 0.1) is 6.92 Å². The third-order valence-electron chi connectivity index (χ3n) is 2.73. The van der Waals surface area contributed by atoms with E-state index in [0.717, 1.165) is 10.0 Å². The number of halogens is 1. The van der Waals surface area contributed by atoms with Crippen LogP contribution in [0.1, 0.15) is 30.0 Å². The van der Waals surface area contributed by atoms with Gasteiger partial charge >= 0.3 is 0 Å². The van der Waals surface area contributed by atoms with Gasteiger partial charge in [-0.25, -0.2) is 0 Å². The van der Waals surface area contributed by atoms with Gasteiger partial charge in [0, 0.05) is 10.5 Å². The summed E-state index contributed by atoms with van der Waals surface area (Å²) in [5, 5.41) is 12.8. The third-order valence-corrected chi connectivity index (χ3v) is 3.41. The Morgan fingerprint density at radius 2 is 2.27 bits per heavy atom. The fourth-order valence-corrected chi connectivity index (χ4v) is 2.46. The van der Waals surface area contributed by atoms with E-state index >= 15 is 0 Å². The van der Waals surface area contributed by atoms with E-state index in [1.54, 1.807) is 0 Å². The van der Waals surface area contributed by atoms with Crippen molar-refractivity contribution in [1.29, 1.82) is 0 Å². The van der Waals surface area contributed by atoms with Crippen molar-refractivity contribution in [3.8, 4) is 0 Å². The predicted molar refractivity (Wildman–Crippen MR) is 64.9 cm³/mol. The highest BCUT2D eigenvalue weighted by atomic mass is 79.9.